The summed E-state index contributed by atoms with van der Waals surface area (Å²) in [5.74, 6) is -0.671. The summed E-state index contributed by atoms with van der Waals surface area (Å²) in [6.45, 7) is 0.275. The zero-order valence-electron chi connectivity index (χ0n) is 4.14. The van der Waals surface area contributed by atoms with Crippen molar-refractivity contribution in [1.82, 2.24) is 5.43 Å². The first-order chi connectivity index (χ1) is 3.80. The minimum absolute atomic E-state index is 0.275. The van der Waals surface area contributed by atoms with Gasteiger partial charge in [-0.1, -0.05) is 0 Å². The predicted molar refractivity (Wildman–Crippen MR) is 26.0 cm³/mol. The number of nitrogens with zero attached hydrogens (tertiary/aromatic N) is 1. The molecule has 8 heavy (non-hydrogen) atoms. The highest BCUT2D eigenvalue weighted by molar-refractivity contribution is 5.62. The Hall–Kier alpha value is -0.670. The largest absolute Gasteiger partial charge is 0.310 e. The first-order valence-electron chi connectivity index (χ1n) is 2.35. The van der Waals surface area contributed by atoms with Crippen molar-refractivity contribution in [2.75, 3.05) is 6.54 Å². The van der Waals surface area contributed by atoms with E-state index in [9.17, 15) is 8.78 Å². The number of nitrogens with one attached hydrogen (secondary N) is 1. The Balaban J connectivity index is 2.36. The first kappa shape index (κ1) is 5.47. The number of halogens is 2. The van der Waals surface area contributed by atoms with Crippen molar-refractivity contribution in [2.24, 2.45) is 11.0 Å². The lowest BCUT2D eigenvalue weighted by Gasteiger charge is -2.00. The van der Waals surface area contributed by atoms with Gasteiger partial charge in [-0.05, 0) is 0 Å². The number of rotatable bonds is 1. The molecule has 0 bridgehead atoms. The minimum Gasteiger partial charge on any atom is -0.310 e. The van der Waals surface area contributed by atoms with Crippen LogP contribution < -0.4 is 5.43 Å². The van der Waals surface area contributed by atoms with E-state index in [1.807, 2.05) is 0 Å². The Morgan fingerprint density at radius 3 is 2.75 bits per heavy atom. The summed E-state index contributed by atoms with van der Waals surface area (Å²) in [6.07, 6.45) is -1.03. The van der Waals surface area contributed by atoms with Gasteiger partial charge in [-0.15, -0.1) is 0 Å². The van der Waals surface area contributed by atoms with Gasteiger partial charge in [0.15, 0.2) is 0 Å². The summed E-state index contributed by atoms with van der Waals surface area (Å²) in [6, 6.07) is 0. The molecular weight excluding hydrogens is 114 g/mol. The molecule has 0 fully saturated rings. The molecule has 0 saturated carbocycles. The Morgan fingerprint density at radius 1 is 1.75 bits per heavy atom. The molecule has 1 rings (SSSR count). The molecule has 1 aliphatic rings. The third kappa shape index (κ3) is 0.936. The Kier molecular flexibility index (Phi) is 1.41. The molecule has 1 N–H and O–H groups in total. The summed E-state index contributed by atoms with van der Waals surface area (Å²) >= 11 is 0. The SMILES string of the molecule is FC(F)C1C=NNC1. The molecule has 1 aliphatic heterocycles. The van der Waals surface area contributed by atoms with Crippen molar-refractivity contribution in [1.29, 1.82) is 0 Å². The van der Waals surface area contributed by atoms with Crippen LogP contribution in [0.15, 0.2) is 5.10 Å². The highest BCUT2D eigenvalue weighted by Gasteiger charge is 2.20. The molecule has 0 spiro atoms. The summed E-state index contributed by atoms with van der Waals surface area (Å²) < 4.78 is 23.2. The second-order valence-corrected chi connectivity index (χ2v) is 1.64. The smallest absolute Gasteiger partial charge is 0.248 e. The lowest BCUT2D eigenvalue weighted by atomic mass is 10.2. The minimum atomic E-state index is -2.27. The Bertz CT molecular complexity index is 102. The third-order valence-electron chi connectivity index (χ3n) is 1.01. The zero-order chi connectivity index (χ0) is 5.98. The molecule has 2 nitrogen and oxygen atoms in total. The van der Waals surface area contributed by atoms with Crippen LogP contribution in [-0.4, -0.2) is 19.2 Å². The maximum atomic E-state index is 11.6. The van der Waals surface area contributed by atoms with E-state index >= 15 is 0 Å². The molecule has 1 unspecified atom stereocenters. The number of alkyl halides is 2. The molecule has 46 valence electrons. The van der Waals surface area contributed by atoms with Crippen molar-refractivity contribution in [3.8, 4) is 0 Å². The fourth-order valence-corrected chi connectivity index (χ4v) is 0.513. The van der Waals surface area contributed by atoms with Crippen LogP contribution in [0.2, 0.25) is 0 Å². The van der Waals surface area contributed by atoms with E-state index in [1.54, 1.807) is 0 Å². The standard InChI is InChI=1S/C4H6F2N2/c5-4(6)3-1-7-8-2-3/h1,3-4,8H,2H2. The van der Waals surface area contributed by atoms with E-state index in [0.717, 1.165) is 0 Å². The summed E-state index contributed by atoms with van der Waals surface area (Å²) in [7, 11) is 0. The van der Waals surface area contributed by atoms with Gasteiger partial charge in [0.05, 0.1) is 5.92 Å². The Labute approximate surface area is 45.6 Å². The maximum absolute atomic E-state index is 11.6. The highest BCUT2D eigenvalue weighted by atomic mass is 19.3. The average molecular weight is 120 g/mol. The number of hydrogen-bond acceptors (Lipinski definition) is 2. The maximum Gasteiger partial charge on any atom is 0.248 e. The number of hydrazone groups is 1. The van der Waals surface area contributed by atoms with Crippen LogP contribution in [-0.2, 0) is 0 Å². The summed E-state index contributed by atoms with van der Waals surface area (Å²) in [5.41, 5.74) is 2.44. The zero-order valence-corrected chi connectivity index (χ0v) is 4.14. The fourth-order valence-electron chi connectivity index (χ4n) is 0.513. The third-order valence-corrected chi connectivity index (χ3v) is 1.01. The predicted octanol–water partition coefficient (Wildman–Crippen LogP) is 0.457. The molecule has 0 aromatic heterocycles. The fraction of sp³-hybridized carbons (Fsp3) is 0.750. The van der Waals surface area contributed by atoms with Gasteiger partial charge in [0.2, 0.25) is 6.43 Å². The van der Waals surface area contributed by atoms with Gasteiger partial charge in [-0.25, -0.2) is 8.78 Å². The molecule has 0 aromatic carbocycles. The number of hydrogen-bond donors (Lipinski definition) is 1. The second-order valence-electron chi connectivity index (χ2n) is 1.64. The van der Waals surface area contributed by atoms with Gasteiger partial charge >= 0.3 is 0 Å². The Morgan fingerprint density at radius 2 is 2.50 bits per heavy atom. The topological polar surface area (TPSA) is 24.4 Å². The molecule has 0 aromatic rings. The van der Waals surface area contributed by atoms with Crippen molar-refractivity contribution in [3.63, 3.8) is 0 Å². The monoisotopic (exact) mass is 120 g/mol. The van der Waals surface area contributed by atoms with Gasteiger partial charge in [0, 0.05) is 12.8 Å². The van der Waals surface area contributed by atoms with Gasteiger partial charge < -0.3 is 5.43 Å². The summed E-state index contributed by atoms with van der Waals surface area (Å²) in [5, 5.41) is 3.43. The van der Waals surface area contributed by atoms with Crippen LogP contribution in [0.5, 0.6) is 0 Å². The molecule has 0 radical (unpaired) electrons. The average Bonchev–Trinajstić information content (AvgIpc) is 2.12. The molecule has 1 atom stereocenters. The van der Waals surface area contributed by atoms with Crippen molar-refractivity contribution in [2.45, 2.75) is 6.43 Å². The van der Waals surface area contributed by atoms with Gasteiger partial charge in [-0.2, -0.15) is 5.10 Å². The van der Waals surface area contributed by atoms with Crippen LogP contribution in [0.1, 0.15) is 0 Å². The molecule has 0 saturated heterocycles. The molecule has 4 heteroatoms. The summed E-state index contributed by atoms with van der Waals surface area (Å²) in [4.78, 5) is 0. The van der Waals surface area contributed by atoms with Crippen molar-refractivity contribution in [3.05, 3.63) is 0 Å². The lowest BCUT2D eigenvalue weighted by molar-refractivity contribution is 0.114. The van der Waals surface area contributed by atoms with E-state index in [4.69, 9.17) is 0 Å². The van der Waals surface area contributed by atoms with Crippen LogP contribution in [0.4, 0.5) is 8.78 Å². The second kappa shape index (κ2) is 2.07. The van der Waals surface area contributed by atoms with Gasteiger partial charge in [0.25, 0.3) is 0 Å². The first-order valence-corrected chi connectivity index (χ1v) is 2.35. The van der Waals surface area contributed by atoms with Gasteiger partial charge in [0.1, 0.15) is 0 Å². The quantitative estimate of drug-likeness (QED) is 0.534. The van der Waals surface area contributed by atoms with Crippen LogP contribution in [0.3, 0.4) is 0 Å². The molecular formula is C4H6F2N2. The molecule has 0 aliphatic carbocycles. The lowest BCUT2D eigenvalue weighted by Crippen LogP contribution is -2.17. The van der Waals surface area contributed by atoms with Crippen molar-refractivity contribution >= 4 is 6.21 Å². The van der Waals surface area contributed by atoms with E-state index in [2.05, 4.69) is 10.5 Å². The van der Waals surface area contributed by atoms with Crippen LogP contribution in [0, 0.1) is 5.92 Å². The van der Waals surface area contributed by atoms with E-state index in [-0.39, 0.29) is 6.54 Å². The van der Waals surface area contributed by atoms with E-state index < -0.39 is 12.3 Å². The van der Waals surface area contributed by atoms with Gasteiger partial charge in [-0.3, -0.25) is 0 Å². The van der Waals surface area contributed by atoms with Crippen LogP contribution in [0.25, 0.3) is 0 Å². The molecule has 1 heterocycles. The van der Waals surface area contributed by atoms with E-state index in [1.165, 1.54) is 6.21 Å². The molecule has 0 amide bonds. The van der Waals surface area contributed by atoms with Crippen molar-refractivity contribution < 1.29 is 8.78 Å². The van der Waals surface area contributed by atoms with Crippen LogP contribution >= 0.6 is 0 Å². The van der Waals surface area contributed by atoms with E-state index in [0.29, 0.717) is 0 Å². The highest BCUT2D eigenvalue weighted by Crippen LogP contribution is 2.08. The normalized spacial score (nSPS) is 26.6.